The van der Waals surface area contributed by atoms with Crippen LogP contribution in [0.4, 0.5) is 11.4 Å². The number of anilines is 1. The number of esters is 1. The number of hydrogen-bond acceptors (Lipinski definition) is 5. The normalized spacial score (nSPS) is 10.2. The minimum absolute atomic E-state index is 0.0240. The predicted molar refractivity (Wildman–Crippen MR) is 98.8 cm³/mol. The zero-order valence-electron chi connectivity index (χ0n) is 12.9. The Morgan fingerprint density at radius 3 is 2.48 bits per heavy atom. The molecule has 1 amide bonds. The maximum Gasteiger partial charge on any atom is 0.338 e. The Labute approximate surface area is 159 Å². The van der Waals surface area contributed by atoms with Crippen molar-refractivity contribution in [2.45, 2.75) is 6.92 Å². The van der Waals surface area contributed by atoms with Gasteiger partial charge in [0.2, 0.25) is 0 Å². The number of non-ortho nitro benzene ring substituents is 1. The van der Waals surface area contributed by atoms with Gasteiger partial charge in [-0.3, -0.25) is 14.9 Å². The molecule has 130 valence electrons. The van der Waals surface area contributed by atoms with Crippen molar-refractivity contribution < 1.29 is 19.2 Å². The van der Waals surface area contributed by atoms with E-state index in [1.165, 1.54) is 6.07 Å². The summed E-state index contributed by atoms with van der Waals surface area (Å²) in [5.41, 5.74) is 0.0196. The number of nitro benzene ring substituents is 1. The van der Waals surface area contributed by atoms with Crippen molar-refractivity contribution in [3.8, 4) is 0 Å². The molecule has 7 nitrogen and oxygen atoms in total. The molecule has 2 rings (SSSR count). The molecular weight excluding hydrogens is 460 g/mol. The monoisotopic (exact) mass is 470 g/mol. The second kappa shape index (κ2) is 8.21. The average molecular weight is 472 g/mol. The van der Waals surface area contributed by atoms with E-state index < -0.39 is 16.8 Å². The summed E-state index contributed by atoms with van der Waals surface area (Å²) in [7, 11) is 0. The fourth-order valence-electron chi connectivity index (χ4n) is 1.97. The number of nitrogens with one attached hydrogen (secondary N) is 1. The van der Waals surface area contributed by atoms with Crippen LogP contribution in [0, 0.1) is 10.1 Å². The molecule has 0 radical (unpaired) electrons. The molecule has 0 bridgehead atoms. The van der Waals surface area contributed by atoms with Crippen molar-refractivity contribution >= 4 is 55.1 Å². The van der Waals surface area contributed by atoms with E-state index >= 15 is 0 Å². The highest BCUT2D eigenvalue weighted by Crippen LogP contribution is 2.27. The molecule has 2 aromatic rings. The van der Waals surface area contributed by atoms with Crippen LogP contribution in [-0.2, 0) is 4.74 Å². The third kappa shape index (κ3) is 4.86. The van der Waals surface area contributed by atoms with Crippen LogP contribution < -0.4 is 5.32 Å². The van der Waals surface area contributed by atoms with Crippen LogP contribution in [0.1, 0.15) is 27.6 Å². The average Bonchev–Trinajstić information content (AvgIpc) is 2.57. The number of nitro groups is 1. The summed E-state index contributed by atoms with van der Waals surface area (Å²) in [5.74, 6) is -1.32. The fourth-order valence-corrected chi connectivity index (χ4v) is 2.67. The molecule has 0 saturated carbocycles. The zero-order valence-corrected chi connectivity index (χ0v) is 16.1. The third-order valence-corrected chi connectivity index (χ3v) is 4.26. The lowest BCUT2D eigenvalue weighted by molar-refractivity contribution is -0.384. The van der Waals surface area contributed by atoms with Gasteiger partial charge in [0.15, 0.2) is 0 Å². The van der Waals surface area contributed by atoms with Crippen LogP contribution in [0.5, 0.6) is 0 Å². The minimum atomic E-state index is -0.733. The molecule has 2 aromatic carbocycles. The summed E-state index contributed by atoms with van der Waals surface area (Å²) in [6.45, 7) is 1.74. The summed E-state index contributed by atoms with van der Waals surface area (Å²) in [4.78, 5) is 34.7. The van der Waals surface area contributed by atoms with Gasteiger partial charge < -0.3 is 10.1 Å². The van der Waals surface area contributed by atoms with Crippen LogP contribution in [-0.4, -0.2) is 23.4 Å². The first-order valence-corrected chi connectivity index (χ1v) is 8.63. The molecule has 9 heteroatoms. The largest absolute Gasteiger partial charge is 0.462 e. The Morgan fingerprint density at radius 2 is 1.84 bits per heavy atom. The highest BCUT2D eigenvalue weighted by atomic mass is 79.9. The quantitative estimate of drug-likeness (QED) is 0.391. The highest BCUT2D eigenvalue weighted by Gasteiger charge is 2.19. The van der Waals surface area contributed by atoms with Gasteiger partial charge in [0, 0.05) is 26.6 Å². The van der Waals surface area contributed by atoms with Crippen LogP contribution in [0.3, 0.4) is 0 Å². The van der Waals surface area contributed by atoms with Gasteiger partial charge in [0.25, 0.3) is 11.6 Å². The number of rotatable bonds is 5. The van der Waals surface area contributed by atoms with Crippen LogP contribution in [0.25, 0.3) is 0 Å². The Hall–Kier alpha value is -2.26. The van der Waals surface area contributed by atoms with Gasteiger partial charge in [-0.15, -0.1) is 0 Å². The lowest BCUT2D eigenvalue weighted by Crippen LogP contribution is -2.14. The zero-order chi connectivity index (χ0) is 18.6. The lowest BCUT2D eigenvalue weighted by Gasteiger charge is -2.09. The van der Waals surface area contributed by atoms with Crippen molar-refractivity contribution in [3.63, 3.8) is 0 Å². The highest BCUT2D eigenvalue weighted by molar-refractivity contribution is 9.11. The van der Waals surface area contributed by atoms with Gasteiger partial charge in [-0.2, -0.15) is 0 Å². The Morgan fingerprint density at radius 1 is 1.16 bits per heavy atom. The first-order valence-electron chi connectivity index (χ1n) is 7.04. The van der Waals surface area contributed by atoms with Crippen molar-refractivity contribution in [1.82, 2.24) is 0 Å². The number of nitrogens with zero attached hydrogens (tertiary/aromatic N) is 1. The number of ether oxygens (including phenoxy) is 1. The summed E-state index contributed by atoms with van der Waals surface area (Å²) < 4.78 is 6.23. The van der Waals surface area contributed by atoms with E-state index in [0.717, 1.165) is 16.6 Å². The molecule has 0 aliphatic carbocycles. The second-order valence-electron chi connectivity index (χ2n) is 4.82. The Kier molecular flexibility index (Phi) is 6.27. The van der Waals surface area contributed by atoms with Gasteiger partial charge in [-0.1, -0.05) is 15.9 Å². The van der Waals surface area contributed by atoms with Crippen LogP contribution in [0.15, 0.2) is 45.3 Å². The van der Waals surface area contributed by atoms with E-state index in [-0.39, 0.29) is 23.4 Å². The van der Waals surface area contributed by atoms with E-state index in [0.29, 0.717) is 10.2 Å². The van der Waals surface area contributed by atoms with Gasteiger partial charge in [-0.25, -0.2) is 4.79 Å². The summed E-state index contributed by atoms with van der Waals surface area (Å²) in [6, 6.07) is 8.62. The molecular formula is C16H12Br2N2O5. The van der Waals surface area contributed by atoms with Crippen molar-refractivity contribution in [1.29, 1.82) is 0 Å². The van der Waals surface area contributed by atoms with E-state index in [4.69, 9.17) is 4.74 Å². The van der Waals surface area contributed by atoms with Gasteiger partial charge in [0.05, 0.1) is 22.8 Å². The van der Waals surface area contributed by atoms with Gasteiger partial charge in [0.1, 0.15) is 0 Å². The Bertz CT molecular complexity index is 854. The molecule has 0 spiro atoms. The van der Waals surface area contributed by atoms with E-state index in [2.05, 4.69) is 37.2 Å². The number of amides is 1. The number of carbonyl (C=O) groups excluding carboxylic acids is 2. The molecule has 0 saturated heterocycles. The summed E-state index contributed by atoms with van der Waals surface area (Å²) in [6.07, 6.45) is 0. The van der Waals surface area contributed by atoms with Crippen LogP contribution in [0.2, 0.25) is 0 Å². The van der Waals surface area contributed by atoms with E-state index in [1.807, 2.05) is 0 Å². The van der Waals surface area contributed by atoms with Gasteiger partial charge in [-0.05, 0) is 47.1 Å². The molecule has 1 N–H and O–H groups in total. The fraction of sp³-hybridized carbons (Fsp3) is 0.125. The molecule has 0 atom stereocenters. The number of carbonyl (C=O) groups is 2. The molecule has 25 heavy (non-hydrogen) atoms. The van der Waals surface area contributed by atoms with Crippen molar-refractivity contribution in [2.75, 3.05) is 11.9 Å². The maximum atomic E-state index is 12.5. The first-order chi connectivity index (χ1) is 11.8. The third-order valence-electron chi connectivity index (χ3n) is 3.08. The first kappa shape index (κ1) is 19.1. The molecule has 0 fully saturated rings. The van der Waals surface area contributed by atoms with Gasteiger partial charge >= 0.3 is 5.97 Å². The summed E-state index contributed by atoms with van der Waals surface area (Å²) in [5, 5.41) is 13.7. The predicted octanol–water partition coefficient (Wildman–Crippen LogP) is 4.55. The molecule has 0 unspecified atom stereocenters. The van der Waals surface area contributed by atoms with Crippen molar-refractivity contribution in [2.24, 2.45) is 0 Å². The second-order valence-corrected chi connectivity index (χ2v) is 6.59. The maximum absolute atomic E-state index is 12.5. The molecule has 0 aliphatic heterocycles. The standard InChI is InChI=1S/C16H12Br2N2O5/c1-2-25-16(22)10-5-9(6-12(7-10)20(23)24)15(21)19-14-8-11(17)3-4-13(14)18/h3-8H,2H2,1H3,(H,19,21). The van der Waals surface area contributed by atoms with E-state index in [9.17, 15) is 19.7 Å². The molecule has 0 aliphatic rings. The number of halogens is 2. The van der Waals surface area contributed by atoms with Crippen LogP contribution >= 0.6 is 31.9 Å². The summed E-state index contributed by atoms with van der Waals surface area (Å²) >= 11 is 6.61. The SMILES string of the molecule is CCOC(=O)c1cc(C(=O)Nc2cc(Br)ccc2Br)cc([N+](=O)[O-])c1. The van der Waals surface area contributed by atoms with Crippen molar-refractivity contribution in [3.05, 3.63) is 66.6 Å². The molecule has 0 heterocycles. The van der Waals surface area contributed by atoms with E-state index in [1.54, 1.807) is 25.1 Å². The smallest absolute Gasteiger partial charge is 0.338 e. The minimum Gasteiger partial charge on any atom is -0.462 e. The topological polar surface area (TPSA) is 98.5 Å². The molecule has 0 aromatic heterocycles. The Balaban J connectivity index is 2.39. The number of hydrogen-bond donors (Lipinski definition) is 1. The number of benzene rings is 2. The lowest BCUT2D eigenvalue weighted by atomic mass is 10.1.